The molecule has 168 valence electrons. The second-order valence-corrected chi connectivity index (χ2v) is 7.82. The van der Waals surface area contributed by atoms with Gasteiger partial charge in [0.15, 0.2) is 0 Å². The van der Waals surface area contributed by atoms with Gasteiger partial charge in [0.05, 0.1) is 11.2 Å². The number of aromatic nitrogens is 5. The highest BCUT2D eigenvalue weighted by Crippen LogP contribution is 2.34. The minimum absolute atomic E-state index is 0.258. The van der Waals surface area contributed by atoms with Gasteiger partial charge in [-0.15, -0.1) is 0 Å². The van der Waals surface area contributed by atoms with E-state index in [4.69, 9.17) is 10.7 Å². The van der Waals surface area contributed by atoms with Gasteiger partial charge >= 0.3 is 0 Å². The molecule has 0 aliphatic rings. The number of pyridine rings is 2. The lowest BCUT2D eigenvalue weighted by molar-refractivity contribution is 0.0951. The third kappa shape index (κ3) is 4.39. The van der Waals surface area contributed by atoms with Crippen LogP contribution in [-0.2, 0) is 13.0 Å². The lowest BCUT2D eigenvalue weighted by Gasteiger charge is -2.14. The molecule has 0 aliphatic carbocycles. The lowest BCUT2D eigenvalue weighted by atomic mass is 9.96. The van der Waals surface area contributed by atoms with E-state index in [0.717, 1.165) is 27.9 Å². The van der Waals surface area contributed by atoms with Crippen molar-refractivity contribution >= 4 is 16.8 Å². The fourth-order valence-corrected chi connectivity index (χ4v) is 3.86. The third-order valence-corrected chi connectivity index (χ3v) is 5.62. The molecule has 3 aromatic heterocycles. The predicted molar refractivity (Wildman–Crippen MR) is 131 cm³/mol. The molecule has 34 heavy (non-hydrogen) atoms. The third-order valence-electron chi connectivity index (χ3n) is 5.62. The average molecular weight is 450 g/mol. The first-order valence-corrected chi connectivity index (χ1v) is 11.0. The number of aromatic amines is 1. The molecule has 8 nitrogen and oxygen atoms in total. The molecule has 0 fully saturated rings. The Balaban J connectivity index is 1.56. The van der Waals surface area contributed by atoms with Crippen molar-refractivity contribution in [3.63, 3.8) is 0 Å². The van der Waals surface area contributed by atoms with Crippen molar-refractivity contribution in [2.24, 2.45) is 5.73 Å². The number of benzene rings is 2. The SMILES string of the molecule is NCc1ccc(-c2nc3ccnc(C(=O)NCCc4ncn[nH]4)c3cc2-c2ccccc2)cc1. The molecule has 8 heteroatoms. The number of nitrogens with two attached hydrogens (primary N) is 1. The van der Waals surface area contributed by atoms with E-state index in [9.17, 15) is 4.79 Å². The van der Waals surface area contributed by atoms with Gasteiger partial charge in [-0.05, 0) is 23.3 Å². The quantitative estimate of drug-likeness (QED) is 0.349. The van der Waals surface area contributed by atoms with Crippen molar-refractivity contribution in [3.8, 4) is 22.4 Å². The normalized spacial score (nSPS) is 11.0. The van der Waals surface area contributed by atoms with E-state index in [2.05, 4.69) is 25.5 Å². The summed E-state index contributed by atoms with van der Waals surface area (Å²) in [4.78, 5) is 26.4. The van der Waals surface area contributed by atoms with Crippen LogP contribution in [0.2, 0.25) is 0 Å². The highest BCUT2D eigenvalue weighted by molar-refractivity contribution is 6.06. The molecule has 3 heterocycles. The fraction of sp³-hybridized carbons (Fsp3) is 0.115. The molecule has 0 radical (unpaired) electrons. The zero-order valence-corrected chi connectivity index (χ0v) is 18.4. The summed E-state index contributed by atoms with van der Waals surface area (Å²) >= 11 is 0. The van der Waals surface area contributed by atoms with Crippen LogP contribution in [0, 0.1) is 0 Å². The topological polar surface area (TPSA) is 122 Å². The van der Waals surface area contributed by atoms with Gasteiger partial charge in [-0.2, -0.15) is 5.10 Å². The summed E-state index contributed by atoms with van der Waals surface area (Å²) in [5.74, 6) is 0.454. The first-order chi connectivity index (χ1) is 16.7. The minimum Gasteiger partial charge on any atom is -0.350 e. The van der Waals surface area contributed by atoms with Crippen molar-refractivity contribution in [2.75, 3.05) is 6.54 Å². The Kier molecular flexibility index (Phi) is 6.05. The monoisotopic (exact) mass is 449 g/mol. The smallest absolute Gasteiger partial charge is 0.270 e. The molecule has 2 aromatic carbocycles. The molecule has 0 saturated carbocycles. The number of carbonyl (C=O) groups is 1. The second kappa shape index (κ2) is 9.60. The lowest BCUT2D eigenvalue weighted by Crippen LogP contribution is -2.27. The molecule has 0 saturated heterocycles. The van der Waals surface area contributed by atoms with Crippen LogP contribution in [0.15, 0.2) is 79.3 Å². The standard InChI is InChI=1S/C26H23N7O/c27-15-17-6-8-19(9-7-17)24-20(18-4-2-1-3-5-18)14-21-22(32-24)10-12-28-25(21)26(34)29-13-11-23-30-16-31-33-23/h1-10,12,14,16H,11,13,15,27H2,(H,29,34)(H,30,31,33). The molecule has 0 bridgehead atoms. The van der Waals surface area contributed by atoms with Gasteiger partial charge in [-0.25, -0.2) is 9.97 Å². The number of H-pyrrole nitrogens is 1. The molecule has 5 rings (SSSR count). The number of nitrogens with one attached hydrogen (secondary N) is 2. The Morgan fingerprint density at radius 1 is 0.971 bits per heavy atom. The van der Waals surface area contributed by atoms with Crippen molar-refractivity contribution in [1.82, 2.24) is 30.5 Å². The maximum Gasteiger partial charge on any atom is 0.270 e. The summed E-state index contributed by atoms with van der Waals surface area (Å²) in [5, 5.41) is 10.2. The van der Waals surface area contributed by atoms with Crippen molar-refractivity contribution in [1.29, 1.82) is 0 Å². The number of rotatable bonds is 7. The zero-order valence-electron chi connectivity index (χ0n) is 18.4. The molecule has 0 spiro atoms. The second-order valence-electron chi connectivity index (χ2n) is 7.82. The molecule has 0 aliphatic heterocycles. The molecule has 0 atom stereocenters. The van der Waals surface area contributed by atoms with Gasteiger partial charge in [0.1, 0.15) is 17.8 Å². The number of nitrogens with zero attached hydrogens (tertiary/aromatic N) is 4. The molecule has 5 aromatic rings. The maximum atomic E-state index is 13.0. The first-order valence-electron chi connectivity index (χ1n) is 11.0. The van der Waals surface area contributed by atoms with Crippen LogP contribution < -0.4 is 11.1 Å². The van der Waals surface area contributed by atoms with Crippen molar-refractivity contribution < 1.29 is 4.79 Å². The van der Waals surface area contributed by atoms with E-state index in [1.165, 1.54) is 6.33 Å². The van der Waals surface area contributed by atoms with Crippen LogP contribution in [0.1, 0.15) is 21.9 Å². The van der Waals surface area contributed by atoms with E-state index in [1.807, 2.05) is 66.7 Å². The average Bonchev–Trinajstić information content (AvgIpc) is 3.41. The van der Waals surface area contributed by atoms with Crippen molar-refractivity contribution in [2.45, 2.75) is 13.0 Å². The summed E-state index contributed by atoms with van der Waals surface area (Å²) in [6.45, 7) is 0.897. The highest BCUT2D eigenvalue weighted by atomic mass is 16.1. The minimum atomic E-state index is -0.258. The van der Waals surface area contributed by atoms with E-state index >= 15 is 0 Å². The number of hydrogen-bond donors (Lipinski definition) is 3. The first kappa shape index (κ1) is 21.4. The Bertz CT molecular complexity index is 1420. The Labute approximate surface area is 196 Å². The van der Waals surface area contributed by atoms with E-state index < -0.39 is 0 Å². The van der Waals surface area contributed by atoms with Gasteiger partial charge in [0.25, 0.3) is 5.91 Å². The zero-order chi connectivity index (χ0) is 23.3. The van der Waals surface area contributed by atoms with E-state index in [0.29, 0.717) is 41.9 Å². The van der Waals surface area contributed by atoms with Crippen LogP contribution in [0.25, 0.3) is 33.3 Å². The Morgan fingerprint density at radius 2 is 1.79 bits per heavy atom. The number of amides is 1. The van der Waals surface area contributed by atoms with Crippen LogP contribution >= 0.6 is 0 Å². The largest absolute Gasteiger partial charge is 0.350 e. The van der Waals surface area contributed by atoms with Gasteiger partial charge in [0, 0.05) is 42.2 Å². The number of hydrogen-bond acceptors (Lipinski definition) is 6. The molecule has 1 amide bonds. The van der Waals surface area contributed by atoms with Gasteiger partial charge in [-0.3, -0.25) is 14.9 Å². The van der Waals surface area contributed by atoms with E-state index in [-0.39, 0.29) is 5.91 Å². The fourth-order valence-electron chi connectivity index (χ4n) is 3.86. The number of fused-ring (bicyclic) bond motifs is 1. The summed E-state index contributed by atoms with van der Waals surface area (Å²) < 4.78 is 0. The predicted octanol–water partition coefficient (Wildman–Crippen LogP) is 3.51. The van der Waals surface area contributed by atoms with Crippen molar-refractivity contribution in [3.05, 3.63) is 96.3 Å². The molecule has 4 N–H and O–H groups in total. The summed E-state index contributed by atoms with van der Waals surface area (Å²) in [6.07, 6.45) is 3.61. The van der Waals surface area contributed by atoms with E-state index in [1.54, 1.807) is 6.20 Å². The molecular formula is C26H23N7O. The molecular weight excluding hydrogens is 426 g/mol. The molecule has 0 unspecified atom stereocenters. The Hall–Kier alpha value is -4.43. The number of carbonyl (C=O) groups excluding carboxylic acids is 1. The highest BCUT2D eigenvalue weighted by Gasteiger charge is 2.17. The van der Waals surface area contributed by atoms with Crippen LogP contribution in [0.3, 0.4) is 0 Å². The summed E-state index contributed by atoms with van der Waals surface area (Å²) in [6, 6.07) is 21.9. The maximum absolute atomic E-state index is 13.0. The Morgan fingerprint density at radius 3 is 2.53 bits per heavy atom. The van der Waals surface area contributed by atoms with Gasteiger partial charge < -0.3 is 11.1 Å². The van der Waals surface area contributed by atoms with Crippen LogP contribution in [-0.4, -0.2) is 37.6 Å². The van der Waals surface area contributed by atoms with Crippen LogP contribution in [0.4, 0.5) is 0 Å². The van der Waals surface area contributed by atoms with Crippen LogP contribution in [0.5, 0.6) is 0 Å². The van der Waals surface area contributed by atoms with Gasteiger partial charge in [0.2, 0.25) is 0 Å². The summed E-state index contributed by atoms with van der Waals surface area (Å²) in [7, 11) is 0. The summed E-state index contributed by atoms with van der Waals surface area (Å²) in [5.41, 5.74) is 11.6. The van der Waals surface area contributed by atoms with Gasteiger partial charge in [-0.1, -0.05) is 54.6 Å².